The third-order valence-electron chi connectivity index (χ3n) is 3.20. The van der Waals surface area contributed by atoms with Crippen LogP contribution in [0.25, 0.3) is 0 Å². The molecule has 10 heteroatoms. The van der Waals surface area contributed by atoms with E-state index in [1.165, 1.54) is 30.5 Å². The van der Waals surface area contributed by atoms with Gasteiger partial charge in [-0.1, -0.05) is 0 Å². The molecule has 0 aliphatic heterocycles. The fourth-order valence-corrected chi connectivity index (χ4v) is 2.03. The second-order valence-electron chi connectivity index (χ2n) is 5.15. The van der Waals surface area contributed by atoms with Gasteiger partial charge in [0, 0.05) is 11.8 Å². The molecule has 148 valence electrons. The summed E-state index contributed by atoms with van der Waals surface area (Å²) in [4.78, 5) is 39.7. The summed E-state index contributed by atoms with van der Waals surface area (Å²) in [6.45, 7) is -1.70. The van der Waals surface area contributed by atoms with Gasteiger partial charge < -0.3 is 14.2 Å². The number of halogens is 2. The van der Waals surface area contributed by atoms with Gasteiger partial charge in [0.1, 0.15) is 11.3 Å². The van der Waals surface area contributed by atoms with Gasteiger partial charge in [0.25, 0.3) is 11.8 Å². The molecule has 0 aliphatic rings. The highest BCUT2D eigenvalue weighted by molar-refractivity contribution is 6.05. The predicted octanol–water partition coefficient (Wildman–Crippen LogP) is 2.20. The van der Waals surface area contributed by atoms with Crippen LogP contribution < -0.4 is 14.8 Å². The number of carbonyl (C=O) groups excluding carboxylic acids is 3. The van der Waals surface area contributed by atoms with Crippen LogP contribution in [0, 0.1) is 0 Å². The molecule has 1 aromatic heterocycles. The summed E-state index contributed by atoms with van der Waals surface area (Å²) in [5.74, 6) is -2.56. The van der Waals surface area contributed by atoms with Crippen LogP contribution in [-0.4, -0.2) is 42.6 Å². The minimum absolute atomic E-state index is 0.0344. The van der Waals surface area contributed by atoms with Crippen molar-refractivity contribution < 1.29 is 37.4 Å². The van der Waals surface area contributed by atoms with Crippen LogP contribution in [0.4, 0.5) is 8.78 Å². The lowest BCUT2D eigenvalue weighted by Gasteiger charge is -2.09. The van der Waals surface area contributed by atoms with E-state index < -0.39 is 31.0 Å². The molecule has 1 heterocycles. The van der Waals surface area contributed by atoms with Crippen LogP contribution in [0.2, 0.25) is 0 Å². The number of nitrogens with one attached hydrogen (secondary N) is 1. The normalized spacial score (nSPS) is 10.3. The Labute approximate surface area is 158 Å². The fraction of sp³-hybridized carbons (Fsp3) is 0.222. The molecule has 2 rings (SSSR count). The Kier molecular flexibility index (Phi) is 7.37. The number of aromatic nitrogens is 1. The van der Waals surface area contributed by atoms with Gasteiger partial charge in [-0.05, 0) is 43.3 Å². The lowest BCUT2D eigenvalue weighted by molar-refractivity contribution is -0.123. The maximum Gasteiger partial charge on any atom is 0.387 e. The zero-order valence-electron chi connectivity index (χ0n) is 14.7. The average Bonchev–Trinajstić information content (AvgIpc) is 2.67. The van der Waals surface area contributed by atoms with Gasteiger partial charge in [0.2, 0.25) is 5.88 Å². The number of carbonyl (C=O) groups is 3. The molecule has 1 N–H and O–H groups in total. The van der Waals surface area contributed by atoms with Crippen LogP contribution in [0.5, 0.6) is 11.6 Å². The van der Waals surface area contributed by atoms with Gasteiger partial charge in [0.15, 0.2) is 6.61 Å². The Morgan fingerprint density at radius 3 is 2.50 bits per heavy atom. The zero-order chi connectivity index (χ0) is 20.5. The Bertz CT molecular complexity index is 842. The number of nitrogens with zero attached hydrogens (tertiary/aromatic N) is 1. The molecule has 0 saturated carbocycles. The van der Waals surface area contributed by atoms with Crippen molar-refractivity contribution in [2.45, 2.75) is 13.5 Å². The monoisotopic (exact) mass is 394 g/mol. The SMILES string of the molecule is CCOc1ncccc1C(=O)OCC(=O)NC(=O)c1ccc(OC(F)F)cc1. The third kappa shape index (κ3) is 6.01. The summed E-state index contributed by atoms with van der Waals surface area (Å²) in [6.07, 6.45) is 1.44. The molecular weight excluding hydrogens is 378 g/mol. The number of hydrogen-bond acceptors (Lipinski definition) is 7. The van der Waals surface area contributed by atoms with E-state index in [0.717, 1.165) is 12.1 Å². The maximum absolute atomic E-state index is 12.1. The molecule has 2 amide bonds. The number of benzene rings is 1. The highest BCUT2D eigenvalue weighted by atomic mass is 19.3. The van der Waals surface area contributed by atoms with Crippen LogP contribution in [-0.2, 0) is 9.53 Å². The summed E-state index contributed by atoms with van der Waals surface area (Å²) >= 11 is 0. The van der Waals surface area contributed by atoms with E-state index >= 15 is 0 Å². The standard InChI is InChI=1S/C18H16F2N2O6/c1-2-26-16-13(4-3-9-21-16)17(25)27-10-14(23)22-15(24)11-5-7-12(8-6-11)28-18(19)20/h3-9,18H,2,10H2,1H3,(H,22,23,24). The van der Waals surface area contributed by atoms with Crippen molar-refractivity contribution in [1.82, 2.24) is 10.3 Å². The van der Waals surface area contributed by atoms with Crippen molar-refractivity contribution in [3.8, 4) is 11.6 Å². The van der Waals surface area contributed by atoms with Crippen LogP contribution in [0.15, 0.2) is 42.6 Å². The Morgan fingerprint density at radius 2 is 1.86 bits per heavy atom. The Hall–Kier alpha value is -3.56. The van der Waals surface area contributed by atoms with Crippen molar-refractivity contribution in [3.05, 3.63) is 53.7 Å². The fourth-order valence-electron chi connectivity index (χ4n) is 2.03. The summed E-state index contributed by atoms with van der Waals surface area (Å²) < 4.78 is 38.4. The molecule has 28 heavy (non-hydrogen) atoms. The van der Waals surface area contributed by atoms with E-state index in [2.05, 4.69) is 9.72 Å². The van der Waals surface area contributed by atoms with Gasteiger partial charge in [-0.15, -0.1) is 0 Å². The van der Waals surface area contributed by atoms with E-state index in [4.69, 9.17) is 9.47 Å². The lowest BCUT2D eigenvalue weighted by atomic mass is 10.2. The molecule has 0 spiro atoms. The van der Waals surface area contributed by atoms with E-state index in [0.29, 0.717) is 0 Å². The smallest absolute Gasteiger partial charge is 0.387 e. The first-order valence-corrected chi connectivity index (χ1v) is 8.04. The number of pyridine rings is 1. The van der Waals surface area contributed by atoms with E-state index in [1.807, 2.05) is 5.32 Å². The van der Waals surface area contributed by atoms with Gasteiger partial charge in [-0.3, -0.25) is 14.9 Å². The summed E-state index contributed by atoms with van der Waals surface area (Å²) in [6, 6.07) is 7.65. The van der Waals surface area contributed by atoms with Gasteiger partial charge in [0.05, 0.1) is 6.61 Å². The topological polar surface area (TPSA) is 104 Å². The second-order valence-corrected chi connectivity index (χ2v) is 5.15. The summed E-state index contributed by atoms with van der Waals surface area (Å²) in [5.41, 5.74) is 0.0743. The van der Waals surface area contributed by atoms with Crippen LogP contribution in [0.3, 0.4) is 0 Å². The van der Waals surface area contributed by atoms with E-state index in [-0.39, 0.29) is 29.4 Å². The number of ether oxygens (including phenoxy) is 3. The van der Waals surface area contributed by atoms with E-state index in [1.54, 1.807) is 6.92 Å². The lowest BCUT2D eigenvalue weighted by Crippen LogP contribution is -2.34. The first-order chi connectivity index (χ1) is 13.4. The van der Waals surface area contributed by atoms with Gasteiger partial charge in [-0.25, -0.2) is 9.78 Å². The quantitative estimate of drug-likeness (QED) is 0.685. The van der Waals surface area contributed by atoms with Crippen molar-refractivity contribution >= 4 is 17.8 Å². The number of amides is 2. The number of esters is 1. The number of imide groups is 1. The molecule has 0 atom stereocenters. The van der Waals surface area contributed by atoms with Crippen molar-refractivity contribution in [1.29, 1.82) is 0 Å². The van der Waals surface area contributed by atoms with E-state index in [9.17, 15) is 23.2 Å². The molecule has 2 aromatic rings. The number of rotatable bonds is 8. The zero-order valence-corrected chi connectivity index (χ0v) is 14.7. The van der Waals surface area contributed by atoms with Crippen molar-refractivity contribution in [3.63, 3.8) is 0 Å². The second kappa shape index (κ2) is 9.95. The molecule has 0 saturated heterocycles. The maximum atomic E-state index is 12.1. The third-order valence-corrected chi connectivity index (χ3v) is 3.20. The number of alkyl halides is 2. The minimum Gasteiger partial charge on any atom is -0.477 e. The molecule has 0 bridgehead atoms. The Morgan fingerprint density at radius 1 is 1.14 bits per heavy atom. The average molecular weight is 394 g/mol. The largest absolute Gasteiger partial charge is 0.477 e. The van der Waals surface area contributed by atoms with Crippen LogP contribution in [0.1, 0.15) is 27.6 Å². The molecule has 1 aromatic carbocycles. The number of hydrogen-bond donors (Lipinski definition) is 1. The van der Waals surface area contributed by atoms with Gasteiger partial charge in [-0.2, -0.15) is 8.78 Å². The summed E-state index contributed by atoms with van der Waals surface area (Å²) in [7, 11) is 0. The molecule has 0 aliphatic carbocycles. The van der Waals surface area contributed by atoms with Crippen molar-refractivity contribution in [2.24, 2.45) is 0 Å². The molecular formula is C18H16F2N2O6. The summed E-state index contributed by atoms with van der Waals surface area (Å²) in [5, 5.41) is 2.01. The first kappa shape index (κ1) is 20.7. The Balaban J connectivity index is 1.88. The molecule has 0 unspecified atom stereocenters. The van der Waals surface area contributed by atoms with Gasteiger partial charge >= 0.3 is 12.6 Å². The minimum atomic E-state index is -2.99. The van der Waals surface area contributed by atoms with Crippen LogP contribution >= 0.6 is 0 Å². The molecule has 8 nitrogen and oxygen atoms in total. The molecule has 0 radical (unpaired) electrons. The highest BCUT2D eigenvalue weighted by Gasteiger charge is 2.17. The predicted molar refractivity (Wildman–Crippen MR) is 91.2 cm³/mol. The first-order valence-electron chi connectivity index (χ1n) is 8.04. The highest BCUT2D eigenvalue weighted by Crippen LogP contribution is 2.16. The van der Waals surface area contributed by atoms with Crippen molar-refractivity contribution in [2.75, 3.05) is 13.2 Å². The molecule has 0 fully saturated rings.